The zero-order chi connectivity index (χ0) is 19.4. The van der Waals surface area contributed by atoms with Crippen LogP contribution < -0.4 is 4.74 Å². The van der Waals surface area contributed by atoms with Crippen molar-refractivity contribution in [1.29, 1.82) is 0 Å². The van der Waals surface area contributed by atoms with Gasteiger partial charge in [0.25, 0.3) is 0 Å². The molecule has 1 fully saturated rings. The molecule has 1 saturated carbocycles. The molecule has 5 rings (SSSR count). The number of pyridine rings is 1. The van der Waals surface area contributed by atoms with Gasteiger partial charge in [-0.3, -0.25) is 4.40 Å². The summed E-state index contributed by atoms with van der Waals surface area (Å²) >= 11 is 0. The SMILES string of the molecule is Cc1cc(F)ccc1-c1nc(C)c2c(C)nc3ccc(OCC4CC4)nc3n12. The molecule has 6 heteroatoms. The van der Waals surface area contributed by atoms with E-state index in [4.69, 9.17) is 19.7 Å². The number of fused-ring (bicyclic) bond motifs is 3. The molecule has 1 aliphatic carbocycles. The van der Waals surface area contributed by atoms with Crippen LogP contribution in [0.4, 0.5) is 4.39 Å². The largest absolute Gasteiger partial charge is 0.477 e. The third-order valence-electron chi connectivity index (χ3n) is 5.32. The Kier molecular flexibility index (Phi) is 3.82. The smallest absolute Gasteiger partial charge is 0.215 e. The molecule has 0 bridgehead atoms. The minimum Gasteiger partial charge on any atom is -0.477 e. The maximum atomic E-state index is 13.6. The first-order valence-corrected chi connectivity index (χ1v) is 9.57. The van der Waals surface area contributed by atoms with E-state index in [1.54, 1.807) is 6.07 Å². The van der Waals surface area contributed by atoms with Gasteiger partial charge < -0.3 is 4.74 Å². The van der Waals surface area contributed by atoms with Gasteiger partial charge in [-0.1, -0.05) is 0 Å². The van der Waals surface area contributed by atoms with E-state index in [1.165, 1.54) is 25.0 Å². The number of nitrogens with zero attached hydrogens (tertiary/aromatic N) is 4. The van der Waals surface area contributed by atoms with Crippen molar-refractivity contribution < 1.29 is 9.13 Å². The summed E-state index contributed by atoms with van der Waals surface area (Å²) in [5.41, 5.74) is 5.88. The highest BCUT2D eigenvalue weighted by Gasteiger charge is 2.23. The van der Waals surface area contributed by atoms with Gasteiger partial charge in [-0.2, -0.15) is 4.98 Å². The average molecular weight is 376 g/mol. The Morgan fingerprint density at radius 2 is 1.82 bits per heavy atom. The van der Waals surface area contributed by atoms with Gasteiger partial charge in [0, 0.05) is 11.6 Å². The average Bonchev–Trinajstić information content (AvgIpc) is 3.42. The number of hydrogen-bond acceptors (Lipinski definition) is 4. The van der Waals surface area contributed by atoms with Gasteiger partial charge in [0.15, 0.2) is 5.65 Å². The molecule has 4 aromatic rings. The van der Waals surface area contributed by atoms with Crippen LogP contribution in [-0.4, -0.2) is 26.0 Å². The molecular formula is C22H21FN4O. The molecule has 0 amide bonds. The van der Waals surface area contributed by atoms with Crippen LogP contribution >= 0.6 is 0 Å². The van der Waals surface area contributed by atoms with Crippen LogP contribution in [0, 0.1) is 32.5 Å². The predicted molar refractivity (Wildman–Crippen MR) is 106 cm³/mol. The molecule has 0 unspecified atom stereocenters. The van der Waals surface area contributed by atoms with Crippen molar-refractivity contribution in [3.8, 4) is 17.3 Å². The van der Waals surface area contributed by atoms with Crippen LogP contribution in [0.5, 0.6) is 5.88 Å². The number of ether oxygens (including phenoxy) is 1. The summed E-state index contributed by atoms with van der Waals surface area (Å²) in [5, 5.41) is 0. The molecule has 5 nitrogen and oxygen atoms in total. The number of rotatable bonds is 4. The van der Waals surface area contributed by atoms with E-state index in [1.807, 2.05) is 37.3 Å². The van der Waals surface area contributed by atoms with E-state index in [2.05, 4.69) is 0 Å². The van der Waals surface area contributed by atoms with Crippen molar-refractivity contribution in [2.45, 2.75) is 33.6 Å². The summed E-state index contributed by atoms with van der Waals surface area (Å²) in [7, 11) is 0. The lowest BCUT2D eigenvalue weighted by Gasteiger charge is -2.11. The highest BCUT2D eigenvalue weighted by atomic mass is 19.1. The Morgan fingerprint density at radius 1 is 1.04 bits per heavy atom. The summed E-state index contributed by atoms with van der Waals surface area (Å²) in [6.45, 7) is 6.53. The minimum absolute atomic E-state index is 0.254. The number of aromatic nitrogens is 4. The first-order chi connectivity index (χ1) is 13.5. The summed E-state index contributed by atoms with van der Waals surface area (Å²) in [6.07, 6.45) is 2.46. The van der Waals surface area contributed by atoms with Crippen molar-refractivity contribution in [2.75, 3.05) is 6.61 Å². The molecule has 0 N–H and O–H groups in total. The molecule has 0 aliphatic heterocycles. The Bertz CT molecular complexity index is 1230. The summed E-state index contributed by atoms with van der Waals surface area (Å²) in [5.74, 6) is 1.74. The lowest BCUT2D eigenvalue weighted by molar-refractivity contribution is 0.289. The third kappa shape index (κ3) is 2.80. The second-order valence-electron chi connectivity index (χ2n) is 7.61. The van der Waals surface area contributed by atoms with Crippen molar-refractivity contribution in [2.24, 2.45) is 5.92 Å². The van der Waals surface area contributed by atoms with Crippen molar-refractivity contribution in [3.05, 3.63) is 53.1 Å². The van der Waals surface area contributed by atoms with Crippen molar-refractivity contribution >= 4 is 16.7 Å². The summed E-state index contributed by atoms with van der Waals surface area (Å²) in [4.78, 5) is 14.3. The van der Waals surface area contributed by atoms with Crippen LogP contribution in [0.1, 0.15) is 29.8 Å². The molecule has 1 aromatic carbocycles. The quantitative estimate of drug-likeness (QED) is 0.513. The second-order valence-corrected chi connectivity index (χ2v) is 7.61. The van der Waals surface area contributed by atoms with Gasteiger partial charge in [-0.15, -0.1) is 0 Å². The fourth-order valence-electron chi connectivity index (χ4n) is 3.70. The second kappa shape index (κ2) is 6.26. The number of benzene rings is 1. The predicted octanol–water partition coefficient (Wildman–Crippen LogP) is 4.80. The van der Waals surface area contributed by atoms with Crippen molar-refractivity contribution in [1.82, 2.24) is 19.4 Å². The highest BCUT2D eigenvalue weighted by molar-refractivity contribution is 5.81. The zero-order valence-electron chi connectivity index (χ0n) is 16.2. The van der Waals surface area contributed by atoms with Crippen LogP contribution in [0.25, 0.3) is 28.1 Å². The first kappa shape index (κ1) is 17.1. The highest BCUT2D eigenvalue weighted by Crippen LogP contribution is 2.32. The molecule has 28 heavy (non-hydrogen) atoms. The first-order valence-electron chi connectivity index (χ1n) is 9.57. The lowest BCUT2D eigenvalue weighted by atomic mass is 10.1. The van der Waals surface area contributed by atoms with Gasteiger partial charge in [0.1, 0.15) is 17.2 Å². The summed E-state index contributed by atoms with van der Waals surface area (Å²) < 4.78 is 21.6. The lowest BCUT2D eigenvalue weighted by Crippen LogP contribution is -2.04. The maximum absolute atomic E-state index is 13.6. The van der Waals surface area contributed by atoms with E-state index in [9.17, 15) is 4.39 Å². The fraction of sp³-hybridized carbons (Fsp3) is 0.318. The van der Waals surface area contributed by atoms with Crippen LogP contribution in [-0.2, 0) is 0 Å². The van der Waals surface area contributed by atoms with Crippen LogP contribution in [0.15, 0.2) is 30.3 Å². The van der Waals surface area contributed by atoms with E-state index >= 15 is 0 Å². The third-order valence-corrected chi connectivity index (χ3v) is 5.32. The number of hydrogen-bond donors (Lipinski definition) is 0. The molecule has 0 radical (unpaired) electrons. The molecule has 3 heterocycles. The minimum atomic E-state index is -0.254. The molecule has 1 aliphatic rings. The molecular weight excluding hydrogens is 355 g/mol. The van der Waals surface area contributed by atoms with E-state index < -0.39 is 0 Å². The number of imidazole rings is 1. The molecule has 142 valence electrons. The van der Waals surface area contributed by atoms with Gasteiger partial charge in [0.05, 0.1) is 23.5 Å². The molecule has 3 aromatic heterocycles. The normalized spacial score (nSPS) is 14.1. The molecule has 0 atom stereocenters. The van der Waals surface area contributed by atoms with Gasteiger partial charge in [-0.05, 0) is 69.4 Å². The summed E-state index contributed by atoms with van der Waals surface area (Å²) in [6, 6.07) is 8.57. The van der Waals surface area contributed by atoms with E-state index in [0.29, 0.717) is 24.1 Å². The Morgan fingerprint density at radius 3 is 2.57 bits per heavy atom. The van der Waals surface area contributed by atoms with E-state index in [-0.39, 0.29) is 5.82 Å². The van der Waals surface area contributed by atoms with Gasteiger partial charge in [0.2, 0.25) is 5.88 Å². The fourth-order valence-corrected chi connectivity index (χ4v) is 3.70. The standard InChI is InChI=1S/C22H21FN4O/c1-12-10-16(23)6-7-17(12)21-25-14(3)20-13(2)24-18-8-9-19(26-22(18)27(20)21)28-11-15-4-5-15/h6-10,15H,4-5,11H2,1-3H3. The van der Waals surface area contributed by atoms with Crippen molar-refractivity contribution in [3.63, 3.8) is 0 Å². The maximum Gasteiger partial charge on any atom is 0.215 e. The van der Waals surface area contributed by atoms with Gasteiger partial charge in [-0.25, -0.2) is 14.4 Å². The molecule has 0 spiro atoms. The number of halogens is 1. The van der Waals surface area contributed by atoms with Gasteiger partial charge >= 0.3 is 0 Å². The Balaban J connectivity index is 1.77. The van der Waals surface area contributed by atoms with E-state index in [0.717, 1.165) is 39.4 Å². The van der Waals surface area contributed by atoms with Crippen LogP contribution in [0.2, 0.25) is 0 Å². The van der Waals surface area contributed by atoms with Crippen LogP contribution in [0.3, 0.4) is 0 Å². The Hall–Kier alpha value is -3.02. The topological polar surface area (TPSA) is 52.3 Å². The number of aryl methyl sites for hydroxylation is 3. The zero-order valence-corrected chi connectivity index (χ0v) is 16.2. The molecule has 0 saturated heterocycles. The Labute approximate surface area is 162 Å². The monoisotopic (exact) mass is 376 g/mol.